The van der Waals surface area contributed by atoms with E-state index in [2.05, 4.69) is 10.00 Å². The van der Waals surface area contributed by atoms with Crippen LogP contribution in [0.3, 0.4) is 0 Å². The first kappa shape index (κ1) is 17.1. The Balaban J connectivity index is 1.41. The van der Waals surface area contributed by atoms with E-state index in [0.29, 0.717) is 19.0 Å². The number of aromatic nitrogens is 2. The Morgan fingerprint density at radius 3 is 2.73 bits per heavy atom. The maximum atomic E-state index is 12.8. The third-order valence-corrected chi connectivity index (χ3v) is 5.11. The van der Waals surface area contributed by atoms with Crippen molar-refractivity contribution in [1.29, 1.82) is 0 Å². The monoisotopic (exact) mass is 356 g/mol. The predicted molar refractivity (Wildman–Crippen MR) is 96.5 cm³/mol. The zero-order valence-corrected chi connectivity index (χ0v) is 14.8. The second-order valence-electron chi connectivity index (χ2n) is 6.96. The minimum Gasteiger partial charge on any atom is -0.504 e. The van der Waals surface area contributed by atoms with Crippen LogP contribution in [0.15, 0.2) is 36.5 Å². The van der Waals surface area contributed by atoms with Gasteiger partial charge in [0.15, 0.2) is 11.4 Å². The summed E-state index contributed by atoms with van der Waals surface area (Å²) < 4.78 is 6.93. The van der Waals surface area contributed by atoms with Gasteiger partial charge in [0.25, 0.3) is 5.91 Å². The number of morpholine rings is 1. The maximum absolute atomic E-state index is 12.8. The number of carbonyl (C=O) groups is 1. The van der Waals surface area contributed by atoms with Crippen molar-refractivity contribution in [3.8, 4) is 11.4 Å². The van der Waals surface area contributed by atoms with Crippen molar-refractivity contribution in [3.05, 3.63) is 42.2 Å². The second kappa shape index (κ2) is 7.47. The summed E-state index contributed by atoms with van der Waals surface area (Å²) in [6.07, 6.45) is 2.48. The Morgan fingerprint density at radius 2 is 1.96 bits per heavy atom. The largest absolute Gasteiger partial charge is 0.504 e. The molecule has 1 amide bonds. The number of nitrogens with zero attached hydrogens (tertiary/aromatic N) is 4. The third-order valence-electron chi connectivity index (χ3n) is 5.11. The van der Waals surface area contributed by atoms with E-state index in [9.17, 15) is 9.90 Å². The van der Waals surface area contributed by atoms with Crippen LogP contribution in [0.2, 0.25) is 0 Å². The summed E-state index contributed by atoms with van der Waals surface area (Å²) in [6.45, 7) is 5.94. The van der Waals surface area contributed by atoms with Crippen LogP contribution in [-0.4, -0.2) is 76.5 Å². The van der Waals surface area contributed by atoms with E-state index < -0.39 is 0 Å². The summed E-state index contributed by atoms with van der Waals surface area (Å²) in [5, 5.41) is 14.5. The number of rotatable bonds is 4. The number of aromatic hydroxyl groups is 1. The number of carbonyl (C=O) groups excluding carboxylic acids is 1. The molecule has 1 aromatic heterocycles. The molecule has 0 radical (unpaired) electrons. The molecule has 0 bridgehead atoms. The molecule has 2 aliphatic heterocycles. The van der Waals surface area contributed by atoms with Crippen LogP contribution in [0.5, 0.6) is 5.75 Å². The average molecular weight is 356 g/mol. The number of para-hydroxylation sites is 1. The SMILES string of the molecule is O=C(c1nn(-c2ccccc2)cc1O)N1CCC(CN2CCOCC2)C1. The molecule has 26 heavy (non-hydrogen) atoms. The van der Waals surface area contributed by atoms with Gasteiger partial charge in [-0.05, 0) is 24.5 Å². The number of likely N-dealkylation sites (tertiary alicyclic amines) is 1. The average Bonchev–Trinajstić information content (AvgIpc) is 3.30. The minimum absolute atomic E-state index is 0.0736. The first-order valence-corrected chi connectivity index (χ1v) is 9.14. The van der Waals surface area contributed by atoms with Gasteiger partial charge in [-0.15, -0.1) is 0 Å². The molecule has 4 rings (SSSR count). The summed E-state index contributed by atoms with van der Waals surface area (Å²) in [7, 11) is 0. The van der Waals surface area contributed by atoms with Gasteiger partial charge in [0, 0.05) is 32.7 Å². The van der Waals surface area contributed by atoms with Gasteiger partial charge in [-0.1, -0.05) is 18.2 Å². The number of hydrogen-bond acceptors (Lipinski definition) is 5. The van der Waals surface area contributed by atoms with Crippen molar-refractivity contribution in [2.45, 2.75) is 6.42 Å². The number of amides is 1. The number of benzene rings is 1. The minimum atomic E-state index is -0.193. The van der Waals surface area contributed by atoms with Crippen LogP contribution in [0, 0.1) is 5.92 Å². The van der Waals surface area contributed by atoms with E-state index in [1.54, 1.807) is 4.68 Å². The highest BCUT2D eigenvalue weighted by atomic mass is 16.5. The van der Waals surface area contributed by atoms with Crippen molar-refractivity contribution in [1.82, 2.24) is 19.6 Å². The molecule has 2 aromatic rings. The fourth-order valence-electron chi connectivity index (χ4n) is 3.69. The van der Waals surface area contributed by atoms with Crippen LogP contribution < -0.4 is 0 Å². The fraction of sp³-hybridized carbons (Fsp3) is 0.474. The normalized spacial score (nSPS) is 21.2. The molecule has 1 unspecified atom stereocenters. The highest BCUT2D eigenvalue weighted by Crippen LogP contribution is 2.24. The molecule has 3 heterocycles. The molecule has 138 valence electrons. The molecular weight excluding hydrogens is 332 g/mol. The highest BCUT2D eigenvalue weighted by molar-refractivity contribution is 5.95. The summed E-state index contributed by atoms with van der Waals surface area (Å²) in [4.78, 5) is 17.0. The molecule has 0 saturated carbocycles. The third kappa shape index (κ3) is 3.59. The van der Waals surface area contributed by atoms with Crippen LogP contribution in [0.25, 0.3) is 5.69 Å². The van der Waals surface area contributed by atoms with Gasteiger partial charge in [-0.2, -0.15) is 5.10 Å². The Hall–Kier alpha value is -2.38. The Kier molecular flexibility index (Phi) is 4.90. The van der Waals surface area contributed by atoms with Gasteiger partial charge >= 0.3 is 0 Å². The van der Waals surface area contributed by atoms with Gasteiger partial charge in [0.2, 0.25) is 0 Å². The van der Waals surface area contributed by atoms with Crippen molar-refractivity contribution >= 4 is 5.91 Å². The van der Waals surface area contributed by atoms with Crippen molar-refractivity contribution in [2.24, 2.45) is 5.92 Å². The summed E-state index contributed by atoms with van der Waals surface area (Å²) in [5.74, 6) is 0.201. The second-order valence-corrected chi connectivity index (χ2v) is 6.96. The van der Waals surface area contributed by atoms with Gasteiger partial charge in [-0.25, -0.2) is 4.68 Å². The lowest BCUT2D eigenvalue weighted by Crippen LogP contribution is -2.40. The zero-order valence-electron chi connectivity index (χ0n) is 14.8. The first-order chi connectivity index (χ1) is 12.7. The van der Waals surface area contributed by atoms with Crippen LogP contribution in [0.1, 0.15) is 16.9 Å². The maximum Gasteiger partial charge on any atom is 0.278 e. The number of ether oxygens (including phenoxy) is 1. The Bertz CT molecular complexity index is 755. The van der Waals surface area contributed by atoms with Crippen molar-refractivity contribution in [2.75, 3.05) is 45.9 Å². The van der Waals surface area contributed by atoms with E-state index in [1.807, 2.05) is 35.2 Å². The molecule has 7 nitrogen and oxygen atoms in total. The number of hydrogen-bond donors (Lipinski definition) is 1. The smallest absolute Gasteiger partial charge is 0.278 e. The van der Waals surface area contributed by atoms with Crippen molar-refractivity contribution < 1.29 is 14.6 Å². The van der Waals surface area contributed by atoms with E-state index in [1.165, 1.54) is 6.20 Å². The summed E-state index contributed by atoms with van der Waals surface area (Å²) in [6, 6.07) is 9.47. The molecule has 2 aliphatic rings. The fourth-order valence-corrected chi connectivity index (χ4v) is 3.69. The summed E-state index contributed by atoms with van der Waals surface area (Å²) >= 11 is 0. The quantitative estimate of drug-likeness (QED) is 0.896. The van der Waals surface area contributed by atoms with E-state index in [4.69, 9.17) is 4.74 Å². The molecule has 1 aromatic carbocycles. The standard InChI is InChI=1S/C19H24N4O3/c24-17-14-23(16-4-2-1-3-5-16)20-18(17)19(25)22-7-6-15(13-22)12-21-8-10-26-11-9-21/h1-5,14-15,24H,6-13H2. The van der Waals surface area contributed by atoms with Crippen LogP contribution in [0.4, 0.5) is 0 Å². The van der Waals surface area contributed by atoms with Gasteiger partial charge < -0.3 is 14.7 Å². The molecule has 1 atom stereocenters. The lowest BCUT2D eigenvalue weighted by Gasteiger charge is -2.28. The molecular formula is C19H24N4O3. The molecule has 1 N–H and O–H groups in total. The molecule has 0 aliphatic carbocycles. The molecule has 7 heteroatoms. The highest BCUT2D eigenvalue weighted by Gasteiger charge is 2.31. The topological polar surface area (TPSA) is 70.8 Å². The molecule has 0 spiro atoms. The van der Waals surface area contributed by atoms with Crippen LogP contribution in [-0.2, 0) is 4.74 Å². The van der Waals surface area contributed by atoms with E-state index in [0.717, 1.165) is 45.0 Å². The van der Waals surface area contributed by atoms with Gasteiger partial charge in [-0.3, -0.25) is 9.69 Å². The van der Waals surface area contributed by atoms with Gasteiger partial charge in [0.1, 0.15) is 0 Å². The lowest BCUT2D eigenvalue weighted by molar-refractivity contribution is 0.0310. The Labute approximate surface area is 152 Å². The first-order valence-electron chi connectivity index (χ1n) is 9.14. The Morgan fingerprint density at radius 1 is 1.19 bits per heavy atom. The lowest BCUT2D eigenvalue weighted by atomic mass is 10.1. The molecule has 2 saturated heterocycles. The molecule has 2 fully saturated rings. The van der Waals surface area contributed by atoms with Crippen molar-refractivity contribution in [3.63, 3.8) is 0 Å². The zero-order chi connectivity index (χ0) is 17.9. The van der Waals surface area contributed by atoms with Gasteiger partial charge in [0.05, 0.1) is 25.1 Å². The van der Waals surface area contributed by atoms with E-state index >= 15 is 0 Å². The van der Waals surface area contributed by atoms with Crippen LogP contribution >= 0.6 is 0 Å². The summed E-state index contributed by atoms with van der Waals surface area (Å²) in [5.41, 5.74) is 0.939. The van der Waals surface area contributed by atoms with E-state index in [-0.39, 0.29) is 17.4 Å². The predicted octanol–water partition coefficient (Wildman–Crippen LogP) is 1.37.